The molecule has 4 aromatic rings. The van der Waals surface area contributed by atoms with Crippen LogP contribution in [0.4, 0.5) is 0 Å². The van der Waals surface area contributed by atoms with Crippen LogP contribution in [0.1, 0.15) is 36.6 Å². The lowest BCUT2D eigenvalue weighted by Gasteiger charge is -2.22. The van der Waals surface area contributed by atoms with Crippen molar-refractivity contribution in [3.8, 4) is 0 Å². The van der Waals surface area contributed by atoms with Crippen molar-refractivity contribution < 1.29 is 4.21 Å². The Balaban J connectivity index is 1.60. The van der Waals surface area contributed by atoms with Crippen molar-refractivity contribution in [2.45, 2.75) is 38.4 Å². The summed E-state index contributed by atoms with van der Waals surface area (Å²) in [5.74, 6) is 0.420. The fourth-order valence-corrected chi connectivity index (χ4v) is 6.10. The van der Waals surface area contributed by atoms with Crippen molar-refractivity contribution >= 4 is 44.3 Å². The number of benzene rings is 1. The second-order valence-electron chi connectivity index (χ2n) is 10.0. The summed E-state index contributed by atoms with van der Waals surface area (Å²) in [6, 6.07) is 7.24. The Labute approximate surface area is 220 Å². The van der Waals surface area contributed by atoms with Crippen LogP contribution in [-0.2, 0) is 30.9 Å². The summed E-state index contributed by atoms with van der Waals surface area (Å²) < 4.78 is 17.0. The summed E-state index contributed by atoms with van der Waals surface area (Å²) in [4.78, 5) is 34.0. The molecule has 1 aliphatic heterocycles. The van der Waals surface area contributed by atoms with Gasteiger partial charge < -0.3 is 4.90 Å². The Bertz CT molecular complexity index is 1750. The molecule has 4 heterocycles. The van der Waals surface area contributed by atoms with Crippen molar-refractivity contribution in [2.24, 2.45) is 13.0 Å². The second-order valence-corrected chi connectivity index (χ2v) is 11.9. The lowest BCUT2D eigenvalue weighted by molar-refractivity contribution is 0.348. The minimum absolute atomic E-state index is 0.250. The van der Waals surface area contributed by atoms with E-state index in [1.807, 2.05) is 41.0 Å². The van der Waals surface area contributed by atoms with Crippen LogP contribution in [0.15, 0.2) is 51.2 Å². The third-order valence-corrected chi connectivity index (χ3v) is 8.68. The second kappa shape index (κ2) is 8.95. The molecule has 2 aliphatic rings. The standard InChI is InChI=1S/C26H27ClN6O3S/c1-30-14-18(37(3)36)11-21(30)23-22-24(32(12-15-4-5-15)26(35)31(2)25(22)34)29-33(23)13-16-8-9-28-20-7-6-17(27)10-19(16)20/h6-10,14-15,21H,4-5,11-13H2,1-3H3. The number of hydrogen-bond donors (Lipinski definition) is 0. The van der Waals surface area contributed by atoms with E-state index in [9.17, 15) is 13.8 Å². The van der Waals surface area contributed by atoms with E-state index in [0.717, 1.165) is 34.2 Å². The molecule has 2 unspecified atom stereocenters. The first-order valence-electron chi connectivity index (χ1n) is 12.2. The Morgan fingerprint density at radius 2 is 1.95 bits per heavy atom. The highest BCUT2D eigenvalue weighted by Gasteiger charge is 2.34. The SMILES string of the molecule is CN1C=C(S(C)=O)CC1c1c2c(=O)n(C)c(=O)n(CC3CC3)c2nn1Cc1ccnc2ccc(Cl)cc12. The molecule has 11 heteroatoms. The fourth-order valence-electron chi connectivity index (χ4n) is 5.22. The van der Waals surface area contributed by atoms with Crippen LogP contribution in [0.25, 0.3) is 21.9 Å². The maximum Gasteiger partial charge on any atom is 0.332 e. The van der Waals surface area contributed by atoms with E-state index in [1.165, 1.54) is 11.6 Å². The van der Waals surface area contributed by atoms with Gasteiger partial charge in [0.05, 0.1) is 23.8 Å². The normalized spacial score (nSPS) is 18.6. The zero-order valence-electron chi connectivity index (χ0n) is 20.8. The van der Waals surface area contributed by atoms with E-state index in [4.69, 9.17) is 16.7 Å². The predicted octanol–water partition coefficient (Wildman–Crippen LogP) is 3.15. The zero-order valence-corrected chi connectivity index (χ0v) is 22.4. The molecule has 192 valence electrons. The topological polar surface area (TPSA) is 95.0 Å². The van der Waals surface area contributed by atoms with Gasteiger partial charge in [0.2, 0.25) is 0 Å². The zero-order chi connectivity index (χ0) is 26.0. The minimum atomic E-state index is -1.13. The maximum absolute atomic E-state index is 13.6. The summed E-state index contributed by atoms with van der Waals surface area (Å²) >= 11 is 6.31. The molecule has 2 atom stereocenters. The number of halogens is 1. The molecule has 0 radical (unpaired) electrons. The molecule has 1 aliphatic carbocycles. The highest BCUT2D eigenvalue weighted by Crippen LogP contribution is 2.38. The third kappa shape index (κ3) is 4.12. The molecule has 0 amide bonds. The van der Waals surface area contributed by atoms with Crippen LogP contribution in [0.2, 0.25) is 5.02 Å². The highest BCUT2D eigenvalue weighted by atomic mass is 35.5. The van der Waals surface area contributed by atoms with Gasteiger partial charge in [0, 0.05) is 71.8 Å². The molecular formula is C26H27ClN6O3S. The average Bonchev–Trinajstić information content (AvgIpc) is 3.50. The van der Waals surface area contributed by atoms with Gasteiger partial charge in [-0.1, -0.05) is 11.6 Å². The van der Waals surface area contributed by atoms with E-state index < -0.39 is 10.8 Å². The molecule has 0 N–H and O–H groups in total. The third-order valence-electron chi connectivity index (χ3n) is 7.44. The van der Waals surface area contributed by atoms with Gasteiger partial charge in [-0.25, -0.2) is 4.79 Å². The maximum atomic E-state index is 13.6. The lowest BCUT2D eigenvalue weighted by Crippen LogP contribution is -2.38. The van der Waals surface area contributed by atoms with Crippen molar-refractivity contribution in [2.75, 3.05) is 13.3 Å². The van der Waals surface area contributed by atoms with Gasteiger partial charge in [-0.2, -0.15) is 5.10 Å². The Morgan fingerprint density at radius 3 is 2.65 bits per heavy atom. The van der Waals surface area contributed by atoms with E-state index in [2.05, 4.69) is 4.98 Å². The Morgan fingerprint density at radius 1 is 1.16 bits per heavy atom. The molecule has 0 saturated heterocycles. The first-order valence-corrected chi connectivity index (χ1v) is 14.2. The molecule has 1 saturated carbocycles. The summed E-state index contributed by atoms with van der Waals surface area (Å²) in [7, 11) is 2.31. The largest absolute Gasteiger partial charge is 0.371 e. The molecular weight excluding hydrogens is 512 g/mol. The van der Waals surface area contributed by atoms with Crippen molar-refractivity contribution in [1.29, 1.82) is 0 Å². The molecule has 3 aromatic heterocycles. The van der Waals surface area contributed by atoms with Gasteiger partial charge in [-0.15, -0.1) is 0 Å². The van der Waals surface area contributed by atoms with Crippen LogP contribution in [0.3, 0.4) is 0 Å². The van der Waals surface area contributed by atoms with Gasteiger partial charge in [0.1, 0.15) is 5.39 Å². The molecule has 6 rings (SSSR count). The predicted molar refractivity (Wildman–Crippen MR) is 145 cm³/mol. The van der Waals surface area contributed by atoms with Gasteiger partial charge in [0.25, 0.3) is 5.56 Å². The highest BCUT2D eigenvalue weighted by molar-refractivity contribution is 7.88. The number of aromatic nitrogens is 5. The van der Waals surface area contributed by atoms with Crippen molar-refractivity contribution in [1.82, 2.24) is 28.8 Å². The molecule has 1 fully saturated rings. The molecule has 0 bridgehead atoms. The fraction of sp³-hybridized carbons (Fsp3) is 0.385. The quantitative estimate of drug-likeness (QED) is 0.374. The first kappa shape index (κ1) is 24.1. The first-order chi connectivity index (χ1) is 17.7. The summed E-state index contributed by atoms with van der Waals surface area (Å²) in [5.41, 5.74) is 2.16. The number of rotatable bonds is 6. The lowest BCUT2D eigenvalue weighted by atomic mass is 10.1. The van der Waals surface area contributed by atoms with Gasteiger partial charge in [-0.05, 0) is 48.6 Å². The number of hydrogen-bond acceptors (Lipinski definition) is 6. The number of nitrogens with zero attached hydrogens (tertiary/aromatic N) is 6. The Kier molecular flexibility index (Phi) is 5.83. The van der Waals surface area contributed by atoms with Crippen LogP contribution < -0.4 is 11.2 Å². The van der Waals surface area contributed by atoms with E-state index >= 15 is 0 Å². The molecule has 37 heavy (non-hydrogen) atoms. The van der Waals surface area contributed by atoms with Crippen molar-refractivity contribution in [3.05, 3.63) is 78.7 Å². The van der Waals surface area contributed by atoms with E-state index in [0.29, 0.717) is 47.2 Å². The van der Waals surface area contributed by atoms with E-state index in [1.54, 1.807) is 23.1 Å². The van der Waals surface area contributed by atoms with Crippen LogP contribution in [0, 0.1) is 5.92 Å². The smallest absolute Gasteiger partial charge is 0.332 e. The van der Waals surface area contributed by atoms with Crippen LogP contribution in [0.5, 0.6) is 0 Å². The summed E-state index contributed by atoms with van der Waals surface area (Å²) in [5, 5.41) is 6.86. The Hall–Kier alpha value is -3.24. The average molecular weight is 539 g/mol. The monoisotopic (exact) mass is 538 g/mol. The molecule has 9 nitrogen and oxygen atoms in total. The van der Waals surface area contributed by atoms with Crippen LogP contribution in [-0.4, -0.2) is 46.3 Å². The van der Waals surface area contributed by atoms with Gasteiger partial charge in [-0.3, -0.25) is 27.8 Å². The van der Waals surface area contributed by atoms with Gasteiger partial charge in [0.15, 0.2) is 5.65 Å². The van der Waals surface area contributed by atoms with Crippen molar-refractivity contribution in [3.63, 3.8) is 0 Å². The molecule has 1 aromatic carbocycles. The van der Waals surface area contributed by atoms with Gasteiger partial charge >= 0.3 is 5.69 Å². The summed E-state index contributed by atoms with van der Waals surface area (Å²) in [6.07, 6.45) is 7.93. The number of pyridine rings is 1. The number of fused-ring (bicyclic) bond motifs is 2. The van der Waals surface area contributed by atoms with Crippen LogP contribution >= 0.6 is 11.6 Å². The summed E-state index contributed by atoms with van der Waals surface area (Å²) in [6.45, 7) is 0.899. The van der Waals surface area contributed by atoms with E-state index in [-0.39, 0.29) is 17.3 Å². The molecule has 0 spiro atoms. The minimum Gasteiger partial charge on any atom is -0.371 e.